The van der Waals surface area contributed by atoms with Gasteiger partial charge in [-0.2, -0.15) is 9.40 Å². The first kappa shape index (κ1) is 11.4. The van der Waals surface area contributed by atoms with Crippen molar-refractivity contribution in [1.29, 1.82) is 0 Å². The highest BCUT2D eigenvalue weighted by atomic mass is 32.2. The lowest BCUT2D eigenvalue weighted by Crippen LogP contribution is -2.51. The van der Waals surface area contributed by atoms with Crippen molar-refractivity contribution in [3.8, 4) is 0 Å². The summed E-state index contributed by atoms with van der Waals surface area (Å²) in [6, 6.07) is 0. The van der Waals surface area contributed by atoms with Gasteiger partial charge in [0.15, 0.2) is 5.82 Å². The van der Waals surface area contributed by atoms with Gasteiger partial charge in [-0.1, -0.05) is 0 Å². The molecule has 1 aromatic rings. The number of nitrogens with two attached hydrogens (primary N) is 1. The van der Waals surface area contributed by atoms with E-state index in [4.69, 9.17) is 10.8 Å². The molecule has 3 N–H and O–H groups in total. The molecular formula is C8H14N4O3S. The Bertz CT molecular complexity index is 489. The van der Waals surface area contributed by atoms with Crippen LogP contribution in [-0.4, -0.2) is 47.3 Å². The van der Waals surface area contributed by atoms with Gasteiger partial charge in [0.2, 0.25) is 10.0 Å². The maximum Gasteiger partial charge on any atom is 0.248 e. The monoisotopic (exact) mass is 246 g/mol. The lowest BCUT2D eigenvalue weighted by molar-refractivity contribution is 0.117. The molecule has 0 saturated carbocycles. The first-order chi connectivity index (χ1) is 7.45. The van der Waals surface area contributed by atoms with Crippen LogP contribution in [0.1, 0.15) is 0 Å². The van der Waals surface area contributed by atoms with Crippen LogP contribution in [0.15, 0.2) is 11.1 Å². The normalized spacial score (nSPS) is 18.6. The molecule has 0 unspecified atom stereocenters. The molecular weight excluding hydrogens is 232 g/mol. The number of hydrogen-bond acceptors (Lipinski definition) is 5. The predicted molar refractivity (Wildman–Crippen MR) is 57.0 cm³/mol. The Morgan fingerprint density at radius 3 is 2.69 bits per heavy atom. The Kier molecular flexibility index (Phi) is 2.64. The Morgan fingerprint density at radius 1 is 1.62 bits per heavy atom. The maximum absolute atomic E-state index is 12.0. The molecule has 0 atom stereocenters. The molecule has 1 aromatic heterocycles. The molecule has 2 rings (SSSR count). The minimum Gasteiger partial charge on any atom is -0.396 e. The number of sulfonamides is 1. The fourth-order valence-electron chi connectivity index (χ4n) is 1.66. The Labute approximate surface area is 93.5 Å². The molecule has 16 heavy (non-hydrogen) atoms. The molecule has 1 aliphatic heterocycles. The number of aryl methyl sites for hydroxylation is 1. The number of aromatic nitrogens is 2. The van der Waals surface area contributed by atoms with E-state index in [0.29, 0.717) is 13.1 Å². The van der Waals surface area contributed by atoms with Crippen LogP contribution in [-0.2, 0) is 17.1 Å². The van der Waals surface area contributed by atoms with Gasteiger partial charge >= 0.3 is 0 Å². The molecule has 1 aliphatic rings. The fourth-order valence-corrected chi connectivity index (χ4v) is 3.34. The largest absolute Gasteiger partial charge is 0.396 e. The second-order valence-electron chi connectivity index (χ2n) is 3.92. The van der Waals surface area contributed by atoms with E-state index in [-0.39, 0.29) is 23.2 Å². The predicted octanol–water partition coefficient (Wildman–Crippen LogP) is -1.38. The summed E-state index contributed by atoms with van der Waals surface area (Å²) in [5.74, 6) is 0.0441. The lowest BCUT2D eigenvalue weighted by Gasteiger charge is -2.36. The van der Waals surface area contributed by atoms with E-state index in [1.807, 2.05) is 0 Å². The summed E-state index contributed by atoms with van der Waals surface area (Å²) in [6.45, 7) is 0.689. The van der Waals surface area contributed by atoms with Crippen LogP contribution in [0, 0.1) is 5.92 Å². The molecule has 0 aliphatic carbocycles. The molecule has 2 heterocycles. The van der Waals surface area contributed by atoms with Crippen molar-refractivity contribution in [2.45, 2.75) is 4.90 Å². The number of aliphatic hydroxyl groups is 1. The van der Waals surface area contributed by atoms with Crippen LogP contribution >= 0.6 is 0 Å². The van der Waals surface area contributed by atoms with E-state index in [9.17, 15) is 8.42 Å². The number of rotatable bonds is 3. The summed E-state index contributed by atoms with van der Waals surface area (Å²) < 4.78 is 26.7. The summed E-state index contributed by atoms with van der Waals surface area (Å²) in [6.07, 6.45) is 1.39. The smallest absolute Gasteiger partial charge is 0.248 e. The third-order valence-corrected chi connectivity index (χ3v) is 4.47. The van der Waals surface area contributed by atoms with Crippen molar-refractivity contribution in [1.82, 2.24) is 14.1 Å². The molecule has 0 bridgehead atoms. The average molecular weight is 246 g/mol. The quantitative estimate of drug-likeness (QED) is 0.684. The number of anilines is 1. The zero-order valence-corrected chi connectivity index (χ0v) is 9.68. The lowest BCUT2D eigenvalue weighted by atomic mass is 10.1. The van der Waals surface area contributed by atoms with Crippen molar-refractivity contribution in [2.24, 2.45) is 13.0 Å². The van der Waals surface area contributed by atoms with Gasteiger partial charge in [-0.25, -0.2) is 8.42 Å². The van der Waals surface area contributed by atoms with E-state index in [2.05, 4.69) is 5.10 Å². The zero-order chi connectivity index (χ0) is 11.9. The molecule has 0 aromatic carbocycles. The summed E-state index contributed by atoms with van der Waals surface area (Å²) >= 11 is 0. The molecule has 0 spiro atoms. The standard InChI is InChI=1S/C8H14N4O3S/c1-11-4-7(8(9)10-11)16(14,15)12-2-6(3-12)5-13/h4,6,13H,2-3,5H2,1H3,(H2,9,10). The number of aliphatic hydroxyl groups excluding tert-OH is 1. The molecule has 0 radical (unpaired) electrons. The maximum atomic E-state index is 12.0. The van der Waals surface area contributed by atoms with Gasteiger partial charge in [0.1, 0.15) is 4.90 Å². The third-order valence-electron chi connectivity index (χ3n) is 2.62. The zero-order valence-electron chi connectivity index (χ0n) is 8.87. The van der Waals surface area contributed by atoms with Crippen LogP contribution in [0.5, 0.6) is 0 Å². The molecule has 90 valence electrons. The Balaban J connectivity index is 2.24. The van der Waals surface area contributed by atoms with Gasteiger partial charge in [0.25, 0.3) is 0 Å². The second kappa shape index (κ2) is 3.72. The summed E-state index contributed by atoms with van der Waals surface area (Å²) in [4.78, 5) is 0.0337. The van der Waals surface area contributed by atoms with E-state index in [1.54, 1.807) is 7.05 Å². The van der Waals surface area contributed by atoms with Crippen molar-refractivity contribution in [3.63, 3.8) is 0 Å². The topological polar surface area (TPSA) is 101 Å². The Morgan fingerprint density at radius 2 is 2.25 bits per heavy atom. The van der Waals surface area contributed by atoms with Crippen LogP contribution in [0.4, 0.5) is 5.82 Å². The summed E-state index contributed by atoms with van der Waals surface area (Å²) in [7, 11) is -1.93. The first-order valence-electron chi connectivity index (χ1n) is 4.85. The van der Waals surface area contributed by atoms with E-state index in [1.165, 1.54) is 15.2 Å². The SMILES string of the molecule is Cn1cc(S(=O)(=O)N2CC(CO)C2)c(N)n1. The summed E-state index contributed by atoms with van der Waals surface area (Å²) in [5, 5.41) is 12.6. The van der Waals surface area contributed by atoms with Gasteiger partial charge in [0.05, 0.1) is 0 Å². The van der Waals surface area contributed by atoms with E-state index >= 15 is 0 Å². The molecule has 7 nitrogen and oxygen atoms in total. The van der Waals surface area contributed by atoms with Crippen molar-refractivity contribution >= 4 is 15.8 Å². The van der Waals surface area contributed by atoms with Gasteiger partial charge in [-0.3, -0.25) is 4.68 Å². The van der Waals surface area contributed by atoms with Gasteiger partial charge < -0.3 is 10.8 Å². The van der Waals surface area contributed by atoms with Gasteiger partial charge in [-0.05, 0) is 0 Å². The average Bonchev–Trinajstić information content (AvgIpc) is 2.43. The van der Waals surface area contributed by atoms with Crippen LogP contribution in [0.25, 0.3) is 0 Å². The molecule has 1 fully saturated rings. The highest BCUT2D eigenvalue weighted by molar-refractivity contribution is 7.89. The van der Waals surface area contributed by atoms with Gasteiger partial charge in [0, 0.05) is 38.9 Å². The van der Waals surface area contributed by atoms with Crippen molar-refractivity contribution in [2.75, 3.05) is 25.4 Å². The molecule has 1 saturated heterocycles. The minimum atomic E-state index is -3.54. The fraction of sp³-hybridized carbons (Fsp3) is 0.625. The summed E-state index contributed by atoms with van der Waals surface area (Å²) in [5.41, 5.74) is 5.52. The van der Waals surface area contributed by atoms with E-state index in [0.717, 1.165) is 0 Å². The number of nitrogens with zero attached hydrogens (tertiary/aromatic N) is 3. The van der Waals surface area contributed by atoms with Crippen LogP contribution in [0.3, 0.4) is 0 Å². The van der Waals surface area contributed by atoms with Crippen molar-refractivity contribution in [3.05, 3.63) is 6.20 Å². The van der Waals surface area contributed by atoms with E-state index < -0.39 is 10.0 Å². The van der Waals surface area contributed by atoms with Gasteiger partial charge in [-0.15, -0.1) is 0 Å². The van der Waals surface area contributed by atoms with Crippen LogP contribution < -0.4 is 5.73 Å². The molecule has 8 heteroatoms. The third kappa shape index (κ3) is 1.68. The van der Waals surface area contributed by atoms with Crippen molar-refractivity contribution < 1.29 is 13.5 Å². The Hall–Kier alpha value is -1.12. The number of hydrogen-bond donors (Lipinski definition) is 2. The molecule has 0 amide bonds. The highest BCUT2D eigenvalue weighted by Gasteiger charge is 2.38. The first-order valence-corrected chi connectivity index (χ1v) is 6.29. The highest BCUT2D eigenvalue weighted by Crippen LogP contribution is 2.27. The minimum absolute atomic E-state index is 0.00847. The number of nitrogen functional groups attached to an aromatic ring is 1. The second-order valence-corrected chi connectivity index (χ2v) is 5.83. The van der Waals surface area contributed by atoms with Crippen LogP contribution in [0.2, 0.25) is 0 Å².